The van der Waals surface area contributed by atoms with Gasteiger partial charge < -0.3 is 4.74 Å². The van der Waals surface area contributed by atoms with Gasteiger partial charge in [0.2, 0.25) is 5.13 Å². The molecule has 3 rings (SSSR count). The summed E-state index contributed by atoms with van der Waals surface area (Å²) in [6.45, 7) is 18.0. The highest BCUT2D eigenvalue weighted by atomic mass is 32.1. The Hall–Kier alpha value is -4.04. The Kier molecular flexibility index (Phi) is 18.0. The first kappa shape index (κ1) is 39.0. The predicted octanol–water partition coefficient (Wildman–Crippen LogP) is 8.98. The van der Waals surface area contributed by atoms with Crippen LogP contribution in [0.15, 0.2) is 53.3 Å². The molecule has 244 valence electrons. The number of hydrogen-bond acceptors (Lipinski definition) is 8. The van der Waals surface area contributed by atoms with Crippen molar-refractivity contribution in [3.63, 3.8) is 0 Å². The highest BCUT2D eigenvalue weighted by Crippen LogP contribution is 2.29. The first-order valence-corrected chi connectivity index (χ1v) is 16.1. The number of hydrogen-bond donors (Lipinski definition) is 2. The highest BCUT2D eigenvalue weighted by molar-refractivity contribution is 7.15. The summed E-state index contributed by atoms with van der Waals surface area (Å²) in [5.74, 6) is 6.09. The van der Waals surface area contributed by atoms with Crippen molar-refractivity contribution < 1.29 is 18.3 Å². The van der Waals surface area contributed by atoms with E-state index in [2.05, 4.69) is 57.8 Å². The van der Waals surface area contributed by atoms with Crippen LogP contribution in [0, 0.1) is 29.1 Å². The maximum atomic E-state index is 13.6. The van der Waals surface area contributed by atoms with E-state index in [9.17, 15) is 13.6 Å². The van der Waals surface area contributed by atoms with Crippen LogP contribution in [0.5, 0.6) is 5.75 Å². The van der Waals surface area contributed by atoms with Gasteiger partial charge in [-0.2, -0.15) is 0 Å². The second-order valence-electron chi connectivity index (χ2n) is 9.79. The molecule has 0 aromatic carbocycles. The summed E-state index contributed by atoms with van der Waals surface area (Å²) < 4.78 is 32.5. The van der Waals surface area contributed by atoms with E-state index in [1.165, 1.54) is 20.0 Å². The predicted molar refractivity (Wildman–Crippen MR) is 182 cm³/mol. The molecule has 1 aliphatic rings. The van der Waals surface area contributed by atoms with Gasteiger partial charge in [0, 0.05) is 11.5 Å². The molecule has 8 nitrogen and oxygen atoms in total. The highest BCUT2D eigenvalue weighted by Gasteiger charge is 2.24. The van der Waals surface area contributed by atoms with Gasteiger partial charge in [-0.05, 0) is 43.7 Å². The van der Waals surface area contributed by atoms with Crippen LogP contribution in [-0.2, 0) is 4.79 Å². The molecule has 2 aromatic heterocycles. The summed E-state index contributed by atoms with van der Waals surface area (Å²) in [4.78, 5) is 21.5. The molecular weight excluding hydrogens is 594 g/mol. The average Bonchev–Trinajstić information content (AvgIpc) is 3.80. The Morgan fingerprint density at radius 3 is 2.47 bits per heavy atom. The van der Waals surface area contributed by atoms with E-state index in [4.69, 9.17) is 10.1 Å². The molecule has 1 aliphatic carbocycles. The zero-order chi connectivity index (χ0) is 33.9. The number of allylic oxidation sites excluding steroid dienone is 3. The van der Waals surface area contributed by atoms with Crippen LogP contribution in [0.2, 0.25) is 0 Å². The Morgan fingerprint density at radius 2 is 1.93 bits per heavy atom. The number of ether oxygens (including phenoxy) is 1. The van der Waals surface area contributed by atoms with E-state index in [0.717, 1.165) is 42.9 Å². The first-order valence-electron chi connectivity index (χ1n) is 15.3. The third kappa shape index (κ3) is 13.2. The summed E-state index contributed by atoms with van der Waals surface area (Å²) in [5, 5.41) is 19.7. The van der Waals surface area contributed by atoms with E-state index >= 15 is 0 Å². The van der Waals surface area contributed by atoms with E-state index in [1.54, 1.807) is 19.1 Å². The number of anilines is 1. The molecule has 0 aliphatic heterocycles. The van der Waals surface area contributed by atoms with Crippen LogP contribution in [0.1, 0.15) is 103 Å². The molecule has 1 fully saturated rings. The number of carbonyl (C=O) groups excluding carboxylic acids is 1. The number of halogens is 2. The number of pyridine rings is 1. The number of nitrogens with one attached hydrogen (secondary N) is 2. The molecule has 1 saturated carbocycles. The van der Waals surface area contributed by atoms with Gasteiger partial charge in [0.05, 0.1) is 36.0 Å². The van der Waals surface area contributed by atoms with E-state index in [0.29, 0.717) is 10.9 Å². The minimum Gasteiger partial charge on any atom is -0.494 e. The molecule has 1 unspecified atom stereocenters. The number of nitrogens with zero attached hydrogens (tertiary/aromatic N) is 4. The molecule has 0 saturated heterocycles. The molecule has 2 aromatic rings. The van der Waals surface area contributed by atoms with Crippen LogP contribution in [0.3, 0.4) is 0 Å². The van der Waals surface area contributed by atoms with Gasteiger partial charge in [0.1, 0.15) is 11.4 Å². The lowest BCUT2D eigenvalue weighted by Crippen LogP contribution is -2.22. The van der Waals surface area contributed by atoms with Crippen molar-refractivity contribution in [2.24, 2.45) is 16.8 Å². The van der Waals surface area contributed by atoms with Gasteiger partial charge in [-0.25, -0.2) is 13.8 Å². The number of aromatic nitrogens is 3. The topological polar surface area (TPSA) is 113 Å². The van der Waals surface area contributed by atoms with Crippen LogP contribution >= 0.6 is 11.3 Å². The zero-order valence-corrected chi connectivity index (χ0v) is 28.4. The molecule has 2 N–H and O–H groups in total. The lowest BCUT2D eigenvalue weighted by Gasteiger charge is -2.15. The smallest absolute Gasteiger partial charge is 0.280 e. The van der Waals surface area contributed by atoms with Crippen LogP contribution in [-0.4, -0.2) is 39.6 Å². The molecule has 2 heterocycles. The van der Waals surface area contributed by atoms with Gasteiger partial charge >= 0.3 is 0 Å². The largest absolute Gasteiger partial charge is 0.494 e. The van der Waals surface area contributed by atoms with Crippen LogP contribution in [0.4, 0.5) is 13.9 Å². The third-order valence-electron chi connectivity index (χ3n) is 6.27. The fraction of sp³-hybridized carbons (Fsp3) is 0.471. The van der Waals surface area contributed by atoms with E-state index in [1.807, 2.05) is 33.8 Å². The van der Waals surface area contributed by atoms with Crippen molar-refractivity contribution in [2.75, 3.05) is 12.4 Å². The van der Waals surface area contributed by atoms with Gasteiger partial charge in [-0.15, -0.1) is 10.2 Å². The van der Waals surface area contributed by atoms with Crippen LogP contribution in [0.25, 0.3) is 0 Å². The second-order valence-corrected chi connectivity index (χ2v) is 10.8. The number of amides is 1. The number of unbranched alkanes of at least 4 members (excludes halogenated alkanes) is 1. The molecule has 0 spiro atoms. The monoisotopic (exact) mass is 640 g/mol. The van der Waals surface area contributed by atoms with Gasteiger partial charge in [-0.1, -0.05) is 96.8 Å². The van der Waals surface area contributed by atoms with Gasteiger partial charge in [0.15, 0.2) is 5.01 Å². The normalized spacial score (nSPS) is 13.5. The molecular formula is C34H46F2N6O2S. The van der Waals surface area contributed by atoms with Gasteiger partial charge in [-0.3, -0.25) is 20.5 Å². The zero-order valence-electron chi connectivity index (χ0n) is 27.6. The van der Waals surface area contributed by atoms with Crippen molar-refractivity contribution in [1.29, 1.82) is 5.41 Å². The van der Waals surface area contributed by atoms with Crippen molar-refractivity contribution in [3.8, 4) is 17.6 Å². The quantitative estimate of drug-likeness (QED) is 0.137. The molecule has 1 amide bonds. The first-order chi connectivity index (χ1) is 21.6. The molecule has 1 atom stereocenters. The summed E-state index contributed by atoms with van der Waals surface area (Å²) in [6.07, 6.45) is 9.03. The summed E-state index contributed by atoms with van der Waals surface area (Å²) in [6, 6.07) is 1.10. The van der Waals surface area contributed by atoms with Gasteiger partial charge in [0.25, 0.3) is 12.3 Å². The molecule has 11 heteroatoms. The fourth-order valence-corrected chi connectivity index (χ4v) is 3.69. The Balaban J connectivity index is 0.00000156. The maximum absolute atomic E-state index is 13.6. The minimum atomic E-state index is -2.87. The second kappa shape index (κ2) is 20.8. The van der Waals surface area contributed by atoms with Crippen molar-refractivity contribution in [3.05, 3.63) is 64.6 Å². The van der Waals surface area contributed by atoms with Crippen LogP contribution < -0.4 is 10.1 Å². The Bertz CT molecular complexity index is 1430. The van der Waals surface area contributed by atoms with Crippen molar-refractivity contribution >= 4 is 33.8 Å². The SMILES string of the molecule is C=C(C(=O)Nc1nnc(C#CC2CC2)s1)C(=N/C(=C\C)C(=N)/C=C\C(C)CC)c1cc(C(F)F)ncc1OC.CC.CCCC. The Labute approximate surface area is 270 Å². The number of alkyl halides is 2. The molecule has 0 radical (unpaired) electrons. The minimum absolute atomic E-state index is 0.0540. The maximum Gasteiger partial charge on any atom is 0.280 e. The van der Waals surface area contributed by atoms with Crippen molar-refractivity contribution in [1.82, 2.24) is 15.2 Å². The number of methoxy groups -OCH3 is 1. The lowest BCUT2D eigenvalue weighted by atomic mass is 10.0. The number of rotatable bonds is 12. The summed E-state index contributed by atoms with van der Waals surface area (Å²) in [5.41, 5.74) is -0.365. The molecule has 0 bridgehead atoms. The third-order valence-corrected chi connectivity index (χ3v) is 7.02. The summed E-state index contributed by atoms with van der Waals surface area (Å²) in [7, 11) is 1.35. The average molecular weight is 641 g/mol. The van der Waals surface area contributed by atoms with Crippen molar-refractivity contribution in [2.45, 2.75) is 87.0 Å². The van der Waals surface area contributed by atoms with E-state index in [-0.39, 0.29) is 45.1 Å². The fourth-order valence-electron chi connectivity index (χ4n) is 3.09. The standard InChI is InChI=1S/C28H30F2N6O2S.C4H10.C2H6/c1-6-16(3)8-12-20(31)21(7-2)33-25(19-14-22(26(29)30)32-15-23(19)38-5)17(4)27(37)34-28-36-35-24(39-28)13-11-18-9-10-18;1-3-4-2;1-2/h7-8,12,14-16,18,26,31H,4,6,9-10H2,1-3,5H3,(H,34,36,37);3-4H2,1-2H3;1-2H3/b12-8-,21-7-,31-20?,33-25?;;. The Morgan fingerprint density at radius 1 is 1.27 bits per heavy atom. The number of carbonyl (C=O) groups is 1. The summed E-state index contributed by atoms with van der Waals surface area (Å²) >= 11 is 1.11. The number of aliphatic imine (C=N–C) groups is 1. The lowest BCUT2D eigenvalue weighted by molar-refractivity contribution is -0.112. The molecule has 45 heavy (non-hydrogen) atoms. The van der Waals surface area contributed by atoms with E-state index < -0.39 is 18.0 Å².